The van der Waals surface area contributed by atoms with Crippen LogP contribution < -0.4 is 10.6 Å². The predicted octanol–water partition coefficient (Wildman–Crippen LogP) is 3.47. The number of aromatic nitrogens is 2. The van der Waals surface area contributed by atoms with Gasteiger partial charge < -0.3 is 10.6 Å². The van der Waals surface area contributed by atoms with Gasteiger partial charge in [-0.05, 0) is 41.1 Å². The zero-order valence-corrected chi connectivity index (χ0v) is 11.5. The molecule has 0 saturated carbocycles. The van der Waals surface area contributed by atoms with E-state index in [-0.39, 0.29) is 5.82 Å². The molecule has 4 nitrogen and oxygen atoms in total. The molecule has 0 atom stereocenters. The lowest BCUT2D eigenvalue weighted by Gasteiger charge is -2.08. The third kappa shape index (κ3) is 2.95. The molecule has 1 heterocycles. The van der Waals surface area contributed by atoms with Gasteiger partial charge in [0.25, 0.3) is 0 Å². The standard InChI is InChI=1S/C12H12BrFN4/c1-7-5-11(18-12(15-2)16-7)17-8-3-4-10(14)9(13)6-8/h3-6H,1-2H3,(H2,15,16,17,18). The summed E-state index contributed by atoms with van der Waals surface area (Å²) in [5.74, 6) is 0.902. The normalized spacial score (nSPS) is 10.2. The number of benzene rings is 1. The maximum atomic E-state index is 13.1. The molecule has 6 heteroatoms. The summed E-state index contributed by atoms with van der Waals surface area (Å²) < 4.78 is 13.5. The van der Waals surface area contributed by atoms with Gasteiger partial charge in [0.2, 0.25) is 5.95 Å². The van der Waals surface area contributed by atoms with Crippen LogP contribution in [0.25, 0.3) is 0 Å². The first-order valence-electron chi connectivity index (χ1n) is 5.34. The van der Waals surface area contributed by atoms with Crippen LogP contribution in [0.4, 0.5) is 21.8 Å². The molecule has 0 radical (unpaired) electrons. The van der Waals surface area contributed by atoms with Crippen molar-refractivity contribution in [3.8, 4) is 0 Å². The van der Waals surface area contributed by atoms with Crippen molar-refractivity contribution in [2.75, 3.05) is 17.7 Å². The Hall–Kier alpha value is -1.69. The average molecular weight is 311 g/mol. The fraction of sp³-hybridized carbons (Fsp3) is 0.167. The van der Waals surface area contributed by atoms with Crippen LogP contribution in [0.5, 0.6) is 0 Å². The molecular formula is C12H12BrFN4. The van der Waals surface area contributed by atoms with Crippen LogP contribution in [-0.4, -0.2) is 17.0 Å². The summed E-state index contributed by atoms with van der Waals surface area (Å²) in [7, 11) is 1.76. The predicted molar refractivity (Wildman–Crippen MR) is 73.7 cm³/mol. The minimum atomic E-state index is -0.296. The largest absolute Gasteiger partial charge is 0.357 e. The number of halogens is 2. The second kappa shape index (κ2) is 5.30. The van der Waals surface area contributed by atoms with Gasteiger partial charge in [-0.3, -0.25) is 0 Å². The highest BCUT2D eigenvalue weighted by molar-refractivity contribution is 9.10. The van der Waals surface area contributed by atoms with Gasteiger partial charge in [0.15, 0.2) is 0 Å². The molecule has 0 spiro atoms. The van der Waals surface area contributed by atoms with Gasteiger partial charge >= 0.3 is 0 Å². The number of hydrogen-bond donors (Lipinski definition) is 2. The van der Waals surface area contributed by atoms with Gasteiger partial charge in [0, 0.05) is 24.5 Å². The zero-order valence-electron chi connectivity index (χ0n) is 9.96. The second-order valence-electron chi connectivity index (χ2n) is 3.72. The molecule has 18 heavy (non-hydrogen) atoms. The average Bonchev–Trinajstić information content (AvgIpc) is 2.33. The monoisotopic (exact) mass is 310 g/mol. The lowest BCUT2D eigenvalue weighted by molar-refractivity contribution is 0.621. The summed E-state index contributed by atoms with van der Waals surface area (Å²) in [4.78, 5) is 8.45. The lowest BCUT2D eigenvalue weighted by Crippen LogP contribution is -2.02. The number of anilines is 3. The highest BCUT2D eigenvalue weighted by atomic mass is 79.9. The van der Waals surface area contributed by atoms with Crippen molar-refractivity contribution < 1.29 is 4.39 Å². The number of aryl methyl sites for hydroxylation is 1. The maximum absolute atomic E-state index is 13.1. The van der Waals surface area contributed by atoms with Crippen LogP contribution in [0.2, 0.25) is 0 Å². The van der Waals surface area contributed by atoms with Crippen molar-refractivity contribution in [2.24, 2.45) is 0 Å². The summed E-state index contributed by atoms with van der Waals surface area (Å²) in [6, 6.07) is 6.51. The van der Waals surface area contributed by atoms with Crippen LogP contribution in [0.3, 0.4) is 0 Å². The molecule has 2 aromatic rings. The minimum Gasteiger partial charge on any atom is -0.357 e. The Labute approximate surface area is 113 Å². The van der Waals surface area contributed by atoms with E-state index in [1.165, 1.54) is 6.07 Å². The van der Waals surface area contributed by atoms with E-state index in [4.69, 9.17) is 0 Å². The Morgan fingerprint density at radius 1 is 1.22 bits per heavy atom. The van der Waals surface area contributed by atoms with E-state index < -0.39 is 0 Å². The van der Waals surface area contributed by atoms with Crippen LogP contribution in [0.1, 0.15) is 5.69 Å². The van der Waals surface area contributed by atoms with E-state index in [0.717, 1.165) is 11.4 Å². The Kier molecular flexibility index (Phi) is 3.76. The Morgan fingerprint density at radius 2 is 2.00 bits per heavy atom. The van der Waals surface area contributed by atoms with Gasteiger partial charge in [0.1, 0.15) is 11.6 Å². The van der Waals surface area contributed by atoms with E-state index >= 15 is 0 Å². The van der Waals surface area contributed by atoms with Gasteiger partial charge in [-0.15, -0.1) is 0 Å². The molecule has 0 aliphatic carbocycles. The molecule has 0 saturated heterocycles. The molecule has 0 bridgehead atoms. The highest BCUT2D eigenvalue weighted by Crippen LogP contribution is 2.23. The molecule has 0 aliphatic heterocycles. The van der Waals surface area contributed by atoms with Gasteiger partial charge in [-0.25, -0.2) is 9.37 Å². The summed E-state index contributed by atoms with van der Waals surface area (Å²) in [5.41, 5.74) is 1.60. The molecule has 1 aromatic carbocycles. The third-order valence-corrected chi connectivity index (χ3v) is 2.88. The Bertz CT molecular complexity index is 574. The first-order valence-corrected chi connectivity index (χ1v) is 6.13. The van der Waals surface area contributed by atoms with Crippen molar-refractivity contribution in [3.05, 3.63) is 40.2 Å². The second-order valence-corrected chi connectivity index (χ2v) is 4.58. The molecule has 0 unspecified atom stereocenters. The van der Waals surface area contributed by atoms with E-state index in [9.17, 15) is 4.39 Å². The first kappa shape index (κ1) is 12.8. The Balaban J connectivity index is 2.27. The lowest BCUT2D eigenvalue weighted by atomic mass is 10.3. The van der Waals surface area contributed by atoms with Gasteiger partial charge in [-0.1, -0.05) is 0 Å². The van der Waals surface area contributed by atoms with Crippen molar-refractivity contribution in [1.29, 1.82) is 0 Å². The molecule has 0 fully saturated rings. The SMILES string of the molecule is CNc1nc(C)cc(Nc2ccc(F)c(Br)c2)n1. The van der Waals surface area contributed by atoms with Gasteiger partial charge in [-0.2, -0.15) is 4.98 Å². The summed E-state index contributed by atoms with van der Waals surface area (Å²) in [6.07, 6.45) is 0. The van der Waals surface area contributed by atoms with Crippen LogP contribution in [0.15, 0.2) is 28.7 Å². The van der Waals surface area contributed by atoms with Crippen molar-refractivity contribution in [1.82, 2.24) is 9.97 Å². The number of rotatable bonds is 3. The molecule has 2 rings (SSSR count). The van der Waals surface area contributed by atoms with Crippen LogP contribution >= 0.6 is 15.9 Å². The van der Waals surface area contributed by atoms with Crippen LogP contribution in [0, 0.1) is 12.7 Å². The molecular weight excluding hydrogens is 299 g/mol. The number of hydrogen-bond acceptors (Lipinski definition) is 4. The first-order chi connectivity index (χ1) is 8.58. The molecule has 94 valence electrons. The van der Waals surface area contributed by atoms with E-state index in [0.29, 0.717) is 16.2 Å². The fourth-order valence-corrected chi connectivity index (χ4v) is 1.84. The van der Waals surface area contributed by atoms with Crippen LogP contribution in [-0.2, 0) is 0 Å². The molecule has 0 amide bonds. The smallest absolute Gasteiger partial charge is 0.224 e. The van der Waals surface area contributed by atoms with E-state index in [2.05, 4.69) is 36.5 Å². The fourth-order valence-electron chi connectivity index (χ4n) is 1.47. The molecule has 0 aliphatic rings. The zero-order chi connectivity index (χ0) is 13.1. The quantitative estimate of drug-likeness (QED) is 0.911. The van der Waals surface area contributed by atoms with Crippen molar-refractivity contribution in [2.45, 2.75) is 6.92 Å². The van der Waals surface area contributed by atoms with Crippen molar-refractivity contribution >= 4 is 33.4 Å². The van der Waals surface area contributed by atoms with E-state index in [1.807, 2.05) is 13.0 Å². The molecule has 1 aromatic heterocycles. The summed E-state index contributed by atoms with van der Waals surface area (Å²) >= 11 is 3.14. The highest BCUT2D eigenvalue weighted by Gasteiger charge is 2.04. The number of nitrogens with one attached hydrogen (secondary N) is 2. The van der Waals surface area contributed by atoms with Crippen molar-refractivity contribution in [3.63, 3.8) is 0 Å². The topological polar surface area (TPSA) is 49.8 Å². The number of nitrogens with zero attached hydrogens (tertiary/aromatic N) is 2. The summed E-state index contributed by atoms with van der Waals surface area (Å²) in [5, 5.41) is 5.98. The van der Waals surface area contributed by atoms with E-state index in [1.54, 1.807) is 19.2 Å². The maximum Gasteiger partial charge on any atom is 0.224 e. The minimum absolute atomic E-state index is 0.296. The van der Waals surface area contributed by atoms with Gasteiger partial charge in [0.05, 0.1) is 4.47 Å². The Morgan fingerprint density at radius 3 is 2.67 bits per heavy atom. The molecule has 2 N–H and O–H groups in total. The third-order valence-electron chi connectivity index (χ3n) is 2.27. The summed E-state index contributed by atoms with van der Waals surface area (Å²) in [6.45, 7) is 1.88.